The summed E-state index contributed by atoms with van der Waals surface area (Å²) in [6.45, 7) is 0.514. The number of hydrogen-bond acceptors (Lipinski definition) is 5. The van der Waals surface area contributed by atoms with E-state index in [-0.39, 0.29) is 49.7 Å². The molecular weight excluding hydrogens is 348 g/mol. The van der Waals surface area contributed by atoms with Crippen molar-refractivity contribution >= 4 is 23.6 Å². The molecule has 8 heteroatoms. The Morgan fingerprint density at radius 1 is 0.926 bits per heavy atom. The van der Waals surface area contributed by atoms with Crippen LogP contribution in [0.5, 0.6) is 0 Å². The smallest absolute Gasteiger partial charge is 0.261 e. The first-order chi connectivity index (χ1) is 13.1. The van der Waals surface area contributed by atoms with E-state index in [1.54, 1.807) is 42.6 Å². The Morgan fingerprint density at radius 2 is 1.59 bits per heavy atom. The van der Waals surface area contributed by atoms with Gasteiger partial charge in [-0.25, -0.2) is 0 Å². The maximum Gasteiger partial charge on any atom is 0.261 e. The van der Waals surface area contributed by atoms with E-state index in [1.165, 1.54) is 6.20 Å². The lowest BCUT2D eigenvalue weighted by Gasteiger charge is -2.13. The summed E-state index contributed by atoms with van der Waals surface area (Å²) in [5.41, 5.74) is 1.16. The van der Waals surface area contributed by atoms with Gasteiger partial charge in [0.25, 0.3) is 17.7 Å². The molecule has 0 saturated heterocycles. The highest BCUT2D eigenvalue weighted by Gasteiger charge is 2.34. The Bertz CT molecular complexity index is 847. The van der Waals surface area contributed by atoms with E-state index in [2.05, 4.69) is 15.6 Å². The molecule has 0 atom stereocenters. The van der Waals surface area contributed by atoms with E-state index in [0.29, 0.717) is 16.7 Å². The zero-order valence-corrected chi connectivity index (χ0v) is 14.5. The molecule has 1 aliphatic heterocycles. The first-order valence-corrected chi connectivity index (χ1v) is 8.48. The van der Waals surface area contributed by atoms with Crippen LogP contribution in [0.3, 0.4) is 0 Å². The minimum atomic E-state index is -0.382. The standard InChI is InChI=1S/C19H18N4O4/c24-16(21-9-10-22-17(25)13-4-3-8-20-12-13)7-11-23-18(26)14-5-1-2-6-15(14)19(23)27/h1-6,8,12H,7,9-11H2,(H,21,24)(H,22,25). The summed E-state index contributed by atoms with van der Waals surface area (Å²) >= 11 is 0. The summed E-state index contributed by atoms with van der Waals surface area (Å²) < 4.78 is 0. The molecule has 1 aromatic carbocycles. The molecule has 4 amide bonds. The van der Waals surface area contributed by atoms with Crippen LogP contribution in [0, 0.1) is 0 Å². The molecule has 0 aliphatic carbocycles. The lowest BCUT2D eigenvalue weighted by atomic mass is 10.1. The lowest BCUT2D eigenvalue weighted by Crippen LogP contribution is -2.37. The Labute approximate surface area is 155 Å². The third-order valence-electron chi connectivity index (χ3n) is 4.10. The van der Waals surface area contributed by atoms with Gasteiger partial charge in [0.15, 0.2) is 0 Å². The van der Waals surface area contributed by atoms with Gasteiger partial charge in [-0.15, -0.1) is 0 Å². The van der Waals surface area contributed by atoms with Gasteiger partial charge >= 0.3 is 0 Å². The third-order valence-corrected chi connectivity index (χ3v) is 4.10. The minimum absolute atomic E-state index is 0.00200. The second kappa shape index (κ2) is 8.22. The Morgan fingerprint density at radius 3 is 2.22 bits per heavy atom. The topological polar surface area (TPSA) is 108 Å². The quantitative estimate of drug-likeness (QED) is 0.551. The number of nitrogens with one attached hydrogen (secondary N) is 2. The molecule has 0 bridgehead atoms. The van der Waals surface area contributed by atoms with Crippen molar-refractivity contribution in [1.82, 2.24) is 20.5 Å². The SMILES string of the molecule is O=C(CCN1C(=O)c2ccccc2C1=O)NCCNC(=O)c1cccnc1. The summed E-state index contributed by atoms with van der Waals surface area (Å²) in [5, 5.41) is 5.31. The number of amides is 4. The van der Waals surface area contributed by atoms with Gasteiger partial charge in [-0.2, -0.15) is 0 Å². The van der Waals surface area contributed by atoms with Crippen molar-refractivity contribution in [1.29, 1.82) is 0 Å². The Balaban J connectivity index is 1.39. The second-order valence-electron chi connectivity index (χ2n) is 5.91. The number of carbonyl (C=O) groups excluding carboxylic acids is 4. The number of fused-ring (bicyclic) bond motifs is 1. The fourth-order valence-electron chi connectivity index (χ4n) is 2.72. The van der Waals surface area contributed by atoms with Gasteiger partial charge in [-0.05, 0) is 24.3 Å². The summed E-state index contributed by atoms with van der Waals surface area (Å²) in [4.78, 5) is 53.1. The number of hydrogen-bond donors (Lipinski definition) is 2. The molecule has 0 spiro atoms. The van der Waals surface area contributed by atoms with Gasteiger partial charge in [-0.1, -0.05) is 12.1 Å². The molecule has 0 saturated carbocycles. The van der Waals surface area contributed by atoms with Crippen molar-refractivity contribution in [3.63, 3.8) is 0 Å². The van der Waals surface area contributed by atoms with Crippen LogP contribution in [-0.2, 0) is 4.79 Å². The fraction of sp³-hybridized carbons (Fsp3) is 0.211. The molecule has 138 valence electrons. The van der Waals surface area contributed by atoms with Crippen LogP contribution < -0.4 is 10.6 Å². The van der Waals surface area contributed by atoms with E-state index >= 15 is 0 Å². The molecule has 1 aliphatic rings. The first-order valence-electron chi connectivity index (χ1n) is 8.48. The molecule has 1 aromatic heterocycles. The first kappa shape index (κ1) is 18.2. The highest BCUT2D eigenvalue weighted by atomic mass is 16.2. The highest BCUT2D eigenvalue weighted by molar-refractivity contribution is 6.21. The summed E-state index contributed by atoms with van der Waals surface area (Å²) in [7, 11) is 0. The van der Waals surface area contributed by atoms with E-state index in [9.17, 15) is 19.2 Å². The van der Waals surface area contributed by atoms with Gasteiger partial charge in [0, 0.05) is 38.4 Å². The molecule has 3 rings (SSSR count). The van der Waals surface area contributed by atoms with Crippen molar-refractivity contribution < 1.29 is 19.2 Å². The normalized spacial score (nSPS) is 12.7. The Hall–Kier alpha value is -3.55. The second-order valence-corrected chi connectivity index (χ2v) is 5.91. The van der Waals surface area contributed by atoms with Gasteiger partial charge in [-0.3, -0.25) is 29.1 Å². The van der Waals surface area contributed by atoms with Crippen LogP contribution in [0.15, 0.2) is 48.8 Å². The lowest BCUT2D eigenvalue weighted by molar-refractivity contribution is -0.121. The van der Waals surface area contributed by atoms with Crippen LogP contribution in [0.4, 0.5) is 0 Å². The van der Waals surface area contributed by atoms with E-state index in [0.717, 1.165) is 4.90 Å². The number of rotatable bonds is 7. The van der Waals surface area contributed by atoms with Gasteiger partial charge in [0.2, 0.25) is 5.91 Å². The molecule has 0 unspecified atom stereocenters. The predicted molar refractivity (Wildman–Crippen MR) is 96.0 cm³/mol. The summed E-state index contributed by atoms with van der Waals surface area (Å²) in [6.07, 6.45) is 3.03. The highest BCUT2D eigenvalue weighted by Crippen LogP contribution is 2.22. The van der Waals surface area contributed by atoms with Crippen LogP contribution in [0.25, 0.3) is 0 Å². The number of aromatic nitrogens is 1. The van der Waals surface area contributed by atoms with Gasteiger partial charge in [0.1, 0.15) is 0 Å². The monoisotopic (exact) mass is 366 g/mol. The van der Waals surface area contributed by atoms with E-state index in [4.69, 9.17) is 0 Å². The largest absolute Gasteiger partial charge is 0.354 e. The van der Waals surface area contributed by atoms with Gasteiger partial charge in [0.05, 0.1) is 16.7 Å². The number of nitrogens with zero attached hydrogens (tertiary/aromatic N) is 2. The minimum Gasteiger partial charge on any atom is -0.354 e. The van der Waals surface area contributed by atoms with Crippen LogP contribution in [0.1, 0.15) is 37.5 Å². The molecule has 2 aromatic rings. The molecule has 2 heterocycles. The van der Waals surface area contributed by atoms with E-state index in [1.807, 2.05) is 0 Å². The maximum atomic E-state index is 12.2. The molecule has 0 radical (unpaired) electrons. The molecule has 27 heavy (non-hydrogen) atoms. The van der Waals surface area contributed by atoms with Crippen LogP contribution in [0.2, 0.25) is 0 Å². The van der Waals surface area contributed by atoms with E-state index < -0.39 is 0 Å². The third kappa shape index (κ3) is 4.17. The zero-order valence-electron chi connectivity index (χ0n) is 14.5. The zero-order chi connectivity index (χ0) is 19.2. The van der Waals surface area contributed by atoms with Crippen LogP contribution >= 0.6 is 0 Å². The summed E-state index contributed by atoms with van der Waals surface area (Å²) in [6, 6.07) is 9.89. The molecule has 8 nitrogen and oxygen atoms in total. The van der Waals surface area contributed by atoms with Crippen molar-refractivity contribution in [2.24, 2.45) is 0 Å². The predicted octanol–water partition coefficient (Wildman–Crippen LogP) is 0.614. The fourth-order valence-corrected chi connectivity index (χ4v) is 2.72. The van der Waals surface area contributed by atoms with Crippen molar-refractivity contribution in [3.05, 3.63) is 65.5 Å². The maximum absolute atomic E-state index is 12.2. The molecule has 0 fully saturated rings. The Kier molecular flexibility index (Phi) is 5.55. The van der Waals surface area contributed by atoms with Crippen molar-refractivity contribution in [2.45, 2.75) is 6.42 Å². The molecular formula is C19H18N4O4. The number of imide groups is 1. The number of pyridine rings is 1. The number of carbonyl (C=O) groups is 4. The average Bonchev–Trinajstić information content (AvgIpc) is 2.94. The molecule has 2 N–H and O–H groups in total. The van der Waals surface area contributed by atoms with Crippen LogP contribution in [-0.4, -0.2) is 53.1 Å². The van der Waals surface area contributed by atoms with Crippen molar-refractivity contribution in [3.8, 4) is 0 Å². The average molecular weight is 366 g/mol. The summed E-state index contributed by atoms with van der Waals surface area (Å²) in [5.74, 6) is -1.34. The number of benzene rings is 1. The van der Waals surface area contributed by atoms with Gasteiger partial charge < -0.3 is 10.6 Å². The van der Waals surface area contributed by atoms with Crippen molar-refractivity contribution in [2.75, 3.05) is 19.6 Å².